The molecule has 0 aliphatic carbocycles. The van der Waals surface area contributed by atoms with Crippen LogP contribution in [0.5, 0.6) is 0 Å². The third kappa shape index (κ3) is 3.33. The lowest BCUT2D eigenvalue weighted by atomic mass is 9.85. The third-order valence-corrected chi connectivity index (χ3v) is 5.26. The molecule has 2 aliphatic rings. The number of hydrogen-bond donors (Lipinski definition) is 1. The highest BCUT2D eigenvalue weighted by Gasteiger charge is 2.28. The molecule has 2 aliphatic heterocycles. The average Bonchev–Trinajstić information content (AvgIpc) is 2.70. The van der Waals surface area contributed by atoms with E-state index >= 15 is 0 Å². The molecule has 2 heterocycles. The molecular weight excluding hydrogens is 236 g/mol. The van der Waals surface area contributed by atoms with Crippen LogP contribution in [-0.2, 0) is 0 Å². The first-order chi connectivity index (χ1) is 7.55. The van der Waals surface area contributed by atoms with Crippen molar-refractivity contribution in [2.75, 3.05) is 17.3 Å². The van der Waals surface area contributed by atoms with E-state index in [4.69, 9.17) is 4.99 Å². The van der Waals surface area contributed by atoms with Gasteiger partial charge in [0, 0.05) is 17.5 Å². The monoisotopic (exact) mass is 258 g/mol. The molecule has 2 nitrogen and oxygen atoms in total. The topological polar surface area (TPSA) is 24.4 Å². The molecule has 0 radical (unpaired) electrons. The van der Waals surface area contributed by atoms with Gasteiger partial charge in [0.05, 0.1) is 6.04 Å². The Bertz CT molecular complexity index is 265. The summed E-state index contributed by atoms with van der Waals surface area (Å²) in [6.45, 7) is 6.88. The summed E-state index contributed by atoms with van der Waals surface area (Å²) in [6, 6.07) is 1.15. The zero-order valence-electron chi connectivity index (χ0n) is 10.5. The Hall–Kier alpha value is 0.170. The van der Waals surface area contributed by atoms with Crippen LogP contribution in [0.3, 0.4) is 0 Å². The van der Waals surface area contributed by atoms with Gasteiger partial charge in [-0.2, -0.15) is 11.8 Å². The number of rotatable bonds is 1. The summed E-state index contributed by atoms with van der Waals surface area (Å²) in [5, 5.41) is 4.81. The van der Waals surface area contributed by atoms with Gasteiger partial charge in [0.1, 0.15) is 0 Å². The van der Waals surface area contributed by atoms with Crippen LogP contribution in [0.4, 0.5) is 0 Å². The van der Waals surface area contributed by atoms with Crippen molar-refractivity contribution in [3.63, 3.8) is 0 Å². The maximum Gasteiger partial charge on any atom is 0.157 e. The Morgan fingerprint density at radius 1 is 1.25 bits per heavy atom. The van der Waals surface area contributed by atoms with Gasteiger partial charge in [-0.1, -0.05) is 32.5 Å². The van der Waals surface area contributed by atoms with Gasteiger partial charge in [-0.3, -0.25) is 4.99 Å². The molecule has 2 rings (SSSR count). The van der Waals surface area contributed by atoms with Crippen molar-refractivity contribution < 1.29 is 0 Å². The molecule has 1 fully saturated rings. The summed E-state index contributed by atoms with van der Waals surface area (Å²) in [6.07, 6.45) is 2.52. The Balaban J connectivity index is 1.95. The van der Waals surface area contributed by atoms with Gasteiger partial charge in [-0.25, -0.2) is 0 Å². The van der Waals surface area contributed by atoms with Crippen LogP contribution in [0.25, 0.3) is 0 Å². The van der Waals surface area contributed by atoms with Crippen molar-refractivity contribution in [2.24, 2.45) is 10.4 Å². The van der Waals surface area contributed by atoms with Gasteiger partial charge in [0.25, 0.3) is 0 Å². The van der Waals surface area contributed by atoms with Crippen LogP contribution in [0.2, 0.25) is 0 Å². The van der Waals surface area contributed by atoms with Gasteiger partial charge in [0.2, 0.25) is 0 Å². The molecule has 92 valence electrons. The Morgan fingerprint density at radius 2 is 2.06 bits per heavy atom. The highest BCUT2D eigenvalue weighted by atomic mass is 32.2. The molecular formula is C12H22N2S2. The van der Waals surface area contributed by atoms with E-state index in [9.17, 15) is 0 Å². The Labute approximate surface area is 107 Å². The lowest BCUT2D eigenvalue weighted by molar-refractivity contribution is 0.315. The smallest absolute Gasteiger partial charge is 0.157 e. The van der Waals surface area contributed by atoms with Crippen molar-refractivity contribution in [3.8, 4) is 0 Å². The molecule has 0 aromatic carbocycles. The minimum Gasteiger partial charge on any atom is -0.361 e. The van der Waals surface area contributed by atoms with Crippen LogP contribution in [0.1, 0.15) is 33.6 Å². The molecule has 0 spiro atoms. The minimum absolute atomic E-state index is 0.304. The van der Waals surface area contributed by atoms with Crippen molar-refractivity contribution in [1.82, 2.24) is 5.32 Å². The second-order valence-electron chi connectivity index (χ2n) is 5.66. The molecule has 1 N–H and O–H groups in total. The van der Waals surface area contributed by atoms with E-state index in [0.29, 0.717) is 17.5 Å². The van der Waals surface area contributed by atoms with Crippen molar-refractivity contribution in [2.45, 2.75) is 45.7 Å². The molecule has 0 saturated carbocycles. The molecule has 0 bridgehead atoms. The van der Waals surface area contributed by atoms with Crippen LogP contribution in [0.15, 0.2) is 4.99 Å². The number of thioether (sulfide) groups is 2. The number of amidine groups is 1. The lowest BCUT2D eigenvalue weighted by Crippen LogP contribution is -2.38. The van der Waals surface area contributed by atoms with Crippen molar-refractivity contribution >= 4 is 28.7 Å². The van der Waals surface area contributed by atoms with Gasteiger partial charge in [-0.05, 0) is 24.0 Å². The second-order valence-corrected chi connectivity index (χ2v) is 7.89. The van der Waals surface area contributed by atoms with E-state index in [2.05, 4.69) is 37.8 Å². The fraction of sp³-hybridized carbons (Fsp3) is 0.917. The standard InChI is InChI=1S/C12H22N2S2/c1-12(2,3)10-5-7-16-11(14-10)13-9-4-6-15-8-9/h9-10H,4-8H2,1-3H3,(H,13,14). The molecule has 2 unspecified atom stereocenters. The SMILES string of the molecule is CC(C)(C)C1CCSC(NC2CCSC2)=N1. The summed E-state index contributed by atoms with van der Waals surface area (Å²) >= 11 is 3.95. The summed E-state index contributed by atoms with van der Waals surface area (Å²) in [7, 11) is 0. The first kappa shape index (κ1) is 12.6. The maximum atomic E-state index is 4.88. The van der Waals surface area contributed by atoms with Crippen LogP contribution in [-0.4, -0.2) is 34.5 Å². The van der Waals surface area contributed by atoms with E-state index in [-0.39, 0.29) is 0 Å². The van der Waals surface area contributed by atoms with Crippen LogP contribution in [0, 0.1) is 5.41 Å². The first-order valence-corrected chi connectivity index (χ1v) is 8.24. The van der Waals surface area contributed by atoms with Gasteiger partial charge in [0.15, 0.2) is 5.17 Å². The average molecular weight is 258 g/mol. The maximum absolute atomic E-state index is 4.88. The van der Waals surface area contributed by atoms with Crippen LogP contribution >= 0.6 is 23.5 Å². The highest BCUT2D eigenvalue weighted by Crippen LogP contribution is 2.30. The van der Waals surface area contributed by atoms with E-state index < -0.39 is 0 Å². The van der Waals surface area contributed by atoms with E-state index in [0.717, 1.165) is 0 Å². The summed E-state index contributed by atoms with van der Waals surface area (Å²) < 4.78 is 0. The number of nitrogens with one attached hydrogen (secondary N) is 1. The van der Waals surface area contributed by atoms with Gasteiger partial charge >= 0.3 is 0 Å². The molecule has 1 saturated heterocycles. The lowest BCUT2D eigenvalue weighted by Gasteiger charge is -2.31. The molecule has 0 amide bonds. The Morgan fingerprint density at radius 3 is 2.69 bits per heavy atom. The number of nitrogens with zero attached hydrogens (tertiary/aromatic N) is 1. The third-order valence-electron chi connectivity index (χ3n) is 3.16. The predicted octanol–water partition coefficient (Wildman–Crippen LogP) is 2.99. The highest BCUT2D eigenvalue weighted by molar-refractivity contribution is 8.13. The van der Waals surface area contributed by atoms with Crippen LogP contribution < -0.4 is 5.32 Å². The predicted molar refractivity (Wildman–Crippen MR) is 76.6 cm³/mol. The van der Waals surface area contributed by atoms with E-state index in [1.165, 1.54) is 35.3 Å². The molecule has 4 heteroatoms. The van der Waals surface area contributed by atoms with Crippen molar-refractivity contribution in [1.29, 1.82) is 0 Å². The minimum atomic E-state index is 0.304. The van der Waals surface area contributed by atoms with E-state index in [1.807, 2.05) is 11.8 Å². The van der Waals surface area contributed by atoms with Crippen molar-refractivity contribution in [3.05, 3.63) is 0 Å². The second kappa shape index (κ2) is 5.21. The summed E-state index contributed by atoms with van der Waals surface area (Å²) in [4.78, 5) is 4.88. The van der Waals surface area contributed by atoms with Gasteiger partial charge < -0.3 is 5.32 Å². The zero-order valence-corrected chi connectivity index (χ0v) is 12.1. The van der Waals surface area contributed by atoms with Gasteiger partial charge in [-0.15, -0.1) is 0 Å². The first-order valence-electron chi connectivity index (χ1n) is 6.10. The fourth-order valence-electron chi connectivity index (χ4n) is 2.04. The summed E-state index contributed by atoms with van der Waals surface area (Å²) in [5.74, 6) is 3.77. The molecule has 16 heavy (non-hydrogen) atoms. The fourth-order valence-corrected chi connectivity index (χ4v) is 4.18. The molecule has 0 aromatic heterocycles. The Kier molecular flexibility index (Phi) is 4.11. The molecule has 2 atom stereocenters. The number of aliphatic imine (C=N–C) groups is 1. The summed E-state index contributed by atoms with van der Waals surface area (Å²) in [5.41, 5.74) is 0.304. The normalized spacial score (nSPS) is 31.3. The molecule has 0 aromatic rings. The number of hydrogen-bond acceptors (Lipinski definition) is 4. The van der Waals surface area contributed by atoms with E-state index in [1.54, 1.807) is 0 Å². The zero-order chi connectivity index (χ0) is 11.6. The largest absolute Gasteiger partial charge is 0.361 e. The quantitative estimate of drug-likeness (QED) is 0.782.